The average Bonchev–Trinajstić information content (AvgIpc) is 3.18. The first-order chi connectivity index (χ1) is 11.0. The lowest BCUT2D eigenvalue weighted by atomic mass is 10.1. The third kappa shape index (κ3) is 3.53. The lowest BCUT2D eigenvalue weighted by molar-refractivity contribution is 0.572. The second-order valence-electron chi connectivity index (χ2n) is 5.04. The summed E-state index contributed by atoms with van der Waals surface area (Å²) in [6, 6.07) is 8.91. The Morgan fingerprint density at radius 2 is 2.00 bits per heavy atom. The molecule has 0 fully saturated rings. The standard InChI is InChI=1S/C16H14FNO2S3/c1-11-9-13(17)4-5-15(11)23(19,20)18-16(12-6-8-21-10-12)14-3-2-7-22-14/h2-10,16,18H,1H3. The predicted molar refractivity (Wildman–Crippen MR) is 91.9 cm³/mol. The molecule has 2 heterocycles. The van der Waals surface area contributed by atoms with E-state index in [0.29, 0.717) is 5.56 Å². The molecule has 1 unspecified atom stereocenters. The van der Waals surface area contributed by atoms with E-state index < -0.39 is 21.9 Å². The van der Waals surface area contributed by atoms with E-state index >= 15 is 0 Å². The van der Waals surface area contributed by atoms with Gasteiger partial charge in [0, 0.05) is 4.88 Å². The Bertz CT molecular complexity index is 853. The molecular formula is C16H14FNO2S3. The van der Waals surface area contributed by atoms with Crippen LogP contribution in [-0.2, 0) is 10.0 Å². The van der Waals surface area contributed by atoms with Gasteiger partial charge in [0.1, 0.15) is 5.82 Å². The van der Waals surface area contributed by atoms with E-state index in [9.17, 15) is 12.8 Å². The van der Waals surface area contributed by atoms with Gasteiger partial charge in [0.2, 0.25) is 10.0 Å². The van der Waals surface area contributed by atoms with Crippen molar-refractivity contribution < 1.29 is 12.8 Å². The van der Waals surface area contributed by atoms with Gasteiger partial charge in [-0.05, 0) is 64.5 Å². The van der Waals surface area contributed by atoms with E-state index in [1.165, 1.54) is 34.8 Å². The number of nitrogens with one attached hydrogen (secondary N) is 1. The quantitative estimate of drug-likeness (QED) is 0.730. The molecule has 0 saturated heterocycles. The molecule has 1 aromatic carbocycles. The highest BCUT2D eigenvalue weighted by Crippen LogP contribution is 2.29. The normalized spacial score (nSPS) is 13.1. The number of benzene rings is 1. The zero-order valence-corrected chi connectivity index (χ0v) is 14.6. The Hall–Kier alpha value is -1.54. The summed E-state index contributed by atoms with van der Waals surface area (Å²) in [7, 11) is -3.76. The minimum atomic E-state index is -3.76. The Morgan fingerprint density at radius 1 is 1.17 bits per heavy atom. The van der Waals surface area contributed by atoms with Gasteiger partial charge in [0.05, 0.1) is 10.9 Å². The monoisotopic (exact) mass is 367 g/mol. The van der Waals surface area contributed by atoms with Gasteiger partial charge >= 0.3 is 0 Å². The zero-order chi connectivity index (χ0) is 16.4. The number of sulfonamides is 1. The Balaban J connectivity index is 1.99. The largest absolute Gasteiger partial charge is 0.241 e. The highest BCUT2D eigenvalue weighted by atomic mass is 32.2. The maximum Gasteiger partial charge on any atom is 0.241 e. The number of rotatable bonds is 5. The first-order valence-corrected chi connectivity index (χ1v) is 10.1. The van der Waals surface area contributed by atoms with Crippen molar-refractivity contribution in [2.24, 2.45) is 0 Å². The Morgan fingerprint density at radius 3 is 2.61 bits per heavy atom. The van der Waals surface area contributed by atoms with Gasteiger partial charge in [-0.2, -0.15) is 16.1 Å². The van der Waals surface area contributed by atoms with E-state index in [0.717, 1.165) is 16.5 Å². The molecule has 0 aliphatic carbocycles. The van der Waals surface area contributed by atoms with Crippen molar-refractivity contribution in [1.29, 1.82) is 0 Å². The second-order valence-corrected chi connectivity index (χ2v) is 8.48. The van der Waals surface area contributed by atoms with E-state index in [-0.39, 0.29) is 4.90 Å². The highest BCUT2D eigenvalue weighted by Gasteiger charge is 2.25. The van der Waals surface area contributed by atoms with Gasteiger partial charge < -0.3 is 0 Å². The molecule has 0 radical (unpaired) electrons. The molecule has 1 N–H and O–H groups in total. The SMILES string of the molecule is Cc1cc(F)ccc1S(=O)(=O)NC(c1ccsc1)c1cccs1. The van der Waals surface area contributed by atoms with Crippen LogP contribution in [0.4, 0.5) is 4.39 Å². The van der Waals surface area contributed by atoms with Crippen LogP contribution in [-0.4, -0.2) is 8.42 Å². The lowest BCUT2D eigenvalue weighted by Gasteiger charge is -2.17. The fraction of sp³-hybridized carbons (Fsp3) is 0.125. The minimum absolute atomic E-state index is 0.0932. The summed E-state index contributed by atoms with van der Waals surface area (Å²) in [5.74, 6) is -0.450. The second kappa shape index (κ2) is 6.52. The Labute approximate surface area is 142 Å². The van der Waals surface area contributed by atoms with Crippen molar-refractivity contribution in [3.8, 4) is 0 Å². The van der Waals surface area contributed by atoms with Crippen molar-refractivity contribution in [3.63, 3.8) is 0 Å². The van der Waals surface area contributed by atoms with Crippen LogP contribution in [0.5, 0.6) is 0 Å². The summed E-state index contributed by atoms with van der Waals surface area (Å²) in [4.78, 5) is 1.00. The van der Waals surface area contributed by atoms with Crippen molar-refractivity contribution in [3.05, 3.63) is 74.4 Å². The van der Waals surface area contributed by atoms with Crippen LogP contribution in [0, 0.1) is 12.7 Å². The van der Waals surface area contributed by atoms with E-state index in [2.05, 4.69) is 4.72 Å². The summed E-state index contributed by atoms with van der Waals surface area (Å²) in [6.45, 7) is 1.59. The topological polar surface area (TPSA) is 46.2 Å². The molecule has 0 aliphatic rings. The zero-order valence-electron chi connectivity index (χ0n) is 12.2. The molecule has 2 aromatic heterocycles. The van der Waals surface area contributed by atoms with Crippen molar-refractivity contribution in [2.45, 2.75) is 17.9 Å². The molecule has 120 valence electrons. The van der Waals surface area contributed by atoms with Crippen LogP contribution in [0.1, 0.15) is 22.0 Å². The maximum absolute atomic E-state index is 13.2. The fourth-order valence-electron chi connectivity index (χ4n) is 2.32. The van der Waals surface area contributed by atoms with Gasteiger partial charge in [-0.25, -0.2) is 12.8 Å². The summed E-state index contributed by atoms with van der Waals surface area (Å²) >= 11 is 3.00. The number of hydrogen-bond donors (Lipinski definition) is 1. The van der Waals surface area contributed by atoms with Crippen LogP contribution >= 0.6 is 22.7 Å². The van der Waals surface area contributed by atoms with Gasteiger partial charge in [-0.3, -0.25) is 0 Å². The number of halogens is 1. The molecule has 1 atom stereocenters. The predicted octanol–water partition coefficient (Wildman–Crippen LogP) is 4.33. The van der Waals surface area contributed by atoms with Crippen LogP contribution < -0.4 is 4.72 Å². The molecule has 0 spiro atoms. The lowest BCUT2D eigenvalue weighted by Crippen LogP contribution is -2.29. The number of hydrogen-bond acceptors (Lipinski definition) is 4. The van der Waals surface area contributed by atoms with Crippen LogP contribution in [0.2, 0.25) is 0 Å². The molecule has 0 saturated carbocycles. The third-order valence-corrected chi connectivity index (χ3v) is 6.63. The molecule has 3 rings (SSSR count). The first-order valence-electron chi connectivity index (χ1n) is 6.81. The molecule has 3 nitrogen and oxygen atoms in total. The first kappa shape index (κ1) is 16.3. The summed E-state index contributed by atoms with van der Waals surface area (Å²) in [5.41, 5.74) is 1.27. The van der Waals surface area contributed by atoms with Crippen molar-refractivity contribution in [2.75, 3.05) is 0 Å². The van der Waals surface area contributed by atoms with Crippen LogP contribution in [0.25, 0.3) is 0 Å². The smallest absolute Gasteiger partial charge is 0.207 e. The number of aryl methyl sites for hydroxylation is 1. The van der Waals surface area contributed by atoms with Crippen molar-refractivity contribution in [1.82, 2.24) is 4.72 Å². The van der Waals surface area contributed by atoms with Crippen LogP contribution in [0.3, 0.4) is 0 Å². The van der Waals surface area contributed by atoms with Gasteiger partial charge in [0.15, 0.2) is 0 Å². The summed E-state index contributed by atoms with van der Waals surface area (Å²) < 4.78 is 41.5. The van der Waals surface area contributed by atoms with Crippen LogP contribution in [0.15, 0.2) is 57.4 Å². The average molecular weight is 367 g/mol. The van der Waals surface area contributed by atoms with E-state index in [1.807, 2.05) is 34.3 Å². The molecule has 0 bridgehead atoms. The van der Waals surface area contributed by atoms with Gasteiger partial charge in [-0.1, -0.05) is 6.07 Å². The third-order valence-electron chi connectivity index (χ3n) is 3.40. The van der Waals surface area contributed by atoms with E-state index in [1.54, 1.807) is 6.92 Å². The van der Waals surface area contributed by atoms with Crippen molar-refractivity contribution >= 4 is 32.7 Å². The van der Waals surface area contributed by atoms with Gasteiger partial charge in [0.25, 0.3) is 0 Å². The van der Waals surface area contributed by atoms with E-state index in [4.69, 9.17) is 0 Å². The van der Waals surface area contributed by atoms with Gasteiger partial charge in [-0.15, -0.1) is 11.3 Å². The minimum Gasteiger partial charge on any atom is -0.207 e. The molecule has 23 heavy (non-hydrogen) atoms. The molecule has 7 heteroatoms. The maximum atomic E-state index is 13.2. The highest BCUT2D eigenvalue weighted by molar-refractivity contribution is 7.89. The molecule has 0 aliphatic heterocycles. The molecular weight excluding hydrogens is 353 g/mol. The molecule has 0 amide bonds. The Kier molecular flexibility index (Phi) is 4.63. The molecule has 3 aromatic rings. The number of thiophene rings is 2. The summed E-state index contributed by atoms with van der Waals surface area (Å²) in [6.07, 6.45) is 0. The fourth-order valence-corrected chi connectivity index (χ4v) is 5.31. The summed E-state index contributed by atoms with van der Waals surface area (Å²) in [5, 5.41) is 5.74.